The first-order chi connectivity index (χ1) is 8.13. The van der Waals surface area contributed by atoms with Crippen LogP contribution in [0.25, 0.3) is 0 Å². The molecule has 1 fully saturated rings. The molecule has 0 aliphatic carbocycles. The molecule has 2 aliphatic rings. The topological polar surface area (TPSA) is 41.1 Å². The first-order valence-electron chi connectivity index (χ1n) is 6.27. The third kappa shape index (κ3) is 1.42. The van der Waals surface area contributed by atoms with Gasteiger partial charge in [0.05, 0.1) is 5.41 Å². The van der Waals surface area contributed by atoms with E-state index in [-0.39, 0.29) is 11.3 Å². The van der Waals surface area contributed by atoms with Crippen molar-refractivity contribution in [2.45, 2.75) is 32.1 Å². The number of fused-ring (bicyclic) bond motifs is 2. The second-order valence-corrected chi connectivity index (χ2v) is 5.32. The normalized spacial score (nSPS) is 27.1. The molecule has 1 amide bonds. The average molecular weight is 230 g/mol. The number of amides is 1. The fourth-order valence-electron chi connectivity index (χ4n) is 3.20. The molecule has 3 heteroatoms. The molecule has 1 aromatic carbocycles. The molecular weight excluding hydrogens is 212 g/mol. The number of rotatable bonds is 0. The fourth-order valence-corrected chi connectivity index (χ4v) is 3.20. The lowest BCUT2D eigenvalue weighted by atomic mass is 9.75. The second kappa shape index (κ2) is 3.57. The summed E-state index contributed by atoms with van der Waals surface area (Å²) in [6, 6.07) is 4.31. The molecule has 1 atom stereocenters. The summed E-state index contributed by atoms with van der Waals surface area (Å²) < 4.78 is 0. The number of carbonyl (C=O) groups is 1. The second-order valence-electron chi connectivity index (χ2n) is 5.32. The number of anilines is 1. The zero-order chi connectivity index (χ0) is 12.0. The Kier molecular flexibility index (Phi) is 2.26. The molecule has 2 heterocycles. The van der Waals surface area contributed by atoms with Crippen LogP contribution in [0.2, 0.25) is 0 Å². The van der Waals surface area contributed by atoms with Crippen molar-refractivity contribution in [3.05, 3.63) is 28.8 Å². The van der Waals surface area contributed by atoms with Gasteiger partial charge >= 0.3 is 0 Å². The Labute approximate surface area is 102 Å². The molecule has 1 saturated heterocycles. The average Bonchev–Trinajstić information content (AvgIpc) is 2.56. The third-order valence-corrected chi connectivity index (χ3v) is 4.05. The number of benzene rings is 1. The first-order valence-corrected chi connectivity index (χ1v) is 6.27. The summed E-state index contributed by atoms with van der Waals surface area (Å²) in [5.74, 6) is 0.174. The number of hydrogen-bond acceptors (Lipinski definition) is 2. The van der Waals surface area contributed by atoms with Crippen LogP contribution in [0.15, 0.2) is 12.1 Å². The minimum atomic E-state index is -0.315. The molecule has 1 spiro atoms. The molecule has 0 aromatic heterocycles. The van der Waals surface area contributed by atoms with E-state index in [4.69, 9.17) is 0 Å². The van der Waals surface area contributed by atoms with Crippen LogP contribution in [0.1, 0.15) is 29.5 Å². The van der Waals surface area contributed by atoms with Crippen LogP contribution in [0.3, 0.4) is 0 Å². The standard InChI is InChI=1S/C14H18N2O/c1-9-6-10(2)12-11(7-9)14(13(17)16-12)4-3-5-15-8-14/h6-7,15H,3-5,8H2,1-2H3,(H,16,17). The molecule has 0 saturated carbocycles. The summed E-state index contributed by atoms with van der Waals surface area (Å²) >= 11 is 0. The Morgan fingerprint density at radius 1 is 1.29 bits per heavy atom. The number of nitrogens with one attached hydrogen (secondary N) is 2. The summed E-state index contributed by atoms with van der Waals surface area (Å²) in [6.45, 7) is 5.96. The van der Waals surface area contributed by atoms with Gasteiger partial charge in [-0.2, -0.15) is 0 Å². The van der Waals surface area contributed by atoms with Crippen molar-refractivity contribution in [3.8, 4) is 0 Å². The number of carbonyl (C=O) groups excluding carboxylic acids is 1. The Bertz CT molecular complexity index is 487. The number of piperidine rings is 1. The van der Waals surface area contributed by atoms with E-state index in [0.29, 0.717) is 0 Å². The molecule has 2 aliphatic heterocycles. The zero-order valence-corrected chi connectivity index (χ0v) is 10.4. The zero-order valence-electron chi connectivity index (χ0n) is 10.4. The van der Waals surface area contributed by atoms with Crippen molar-refractivity contribution >= 4 is 11.6 Å². The van der Waals surface area contributed by atoms with Crippen LogP contribution in [-0.4, -0.2) is 19.0 Å². The van der Waals surface area contributed by atoms with Gasteiger partial charge in [0.2, 0.25) is 5.91 Å². The van der Waals surface area contributed by atoms with Gasteiger partial charge in [-0.15, -0.1) is 0 Å². The minimum Gasteiger partial charge on any atom is -0.325 e. The van der Waals surface area contributed by atoms with E-state index in [9.17, 15) is 4.79 Å². The Morgan fingerprint density at radius 2 is 2.12 bits per heavy atom. The molecule has 0 bridgehead atoms. The van der Waals surface area contributed by atoms with Crippen LogP contribution in [0.5, 0.6) is 0 Å². The maximum atomic E-state index is 12.3. The Hall–Kier alpha value is -1.35. The summed E-state index contributed by atoms with van der Waals surface area (Å²) in [6.07, 6.45) is 2.03. The van der Waals surface area contributed by atoms with E-state index in [1.165, 1.54) is 16.7 Å². The van der Waals surface area contributed by atoms with Crippen molar-refractivity contribution in [3.63, 3.8) is 0 Å². The summed E-state index contributed by atoms with van der Waals surface area (Å²) in [5, 5.41) is 6.44. The molecule has 90 valence electrons. The lowest BCUT2D eigenvalue weighted by molar-refractivity contribution is -0.121. The monoisotopic (exact) mass is 230 g/mol. The molecule has 2 N–H and O–H groups in total. The Balaban J connectivity index is 2.18. The van der Waals surface area contributed by atoms with Crippen LogP contribution in [0.4, 0.5) is 5.69 Å². The van der Waals surface area contributed by atoms with Crippen LogP contribution < -0.4 is 10.6 Å². The van der Waals surface area contributed by atoms with Crippen molar-refractivity contribution in [1.82, 2.24) is 5.32 Å². The smallest absolute Gasteiger partial charge is 0.236 e. The van der Waals surface area contributed by atoms with Crippen molar-refractivity contribution < 1.29 is 4.79 Å². The first kappa shape index (κ1) is 10.8. The predicted molar refractivity (Wildman–Crippen MR) is 68.3 cm³/mol. The van der Waals surface area contributed by atoms with Gasteiger partial charge in [-0.1, -0.05) is 17.7 Å². The lowest BCUT2D eigenvalue weighted by Gasteiger charge is -2.32. The number of aryl methyl sites for hydroxylation is 2. The lowest BCUT2D eigenvalue weighted by Crippen LogP contribution is -2.47. The largest absolute Gasteiger partial charge is 0.325 e. The van der Waals surface area contributed by atoms with Crippen molar-refractivity contribution in [2.75, 3.05) is 18.4 Å². The highest BCUT2D eigenvalue weighted by Gasteiger charge is 2.47. The van der Waals surface area contributed by atoms with E-state index < -0.39 is 0 Å². The van der Waals surface area contributed by atoms with E-state index in [2.05, 4.69) is 36.6 Å². The van der Waals surface area contributed by atoms with Gasteiger partial charge in [0.1, 0.15) is 0 Å². The highest BCUT2D eigenvalue weighted by Crippen LogP contribution is 2.43. The van der Waals surface area contributed by atoms with Gasteiger partial charge in [0.15, 0.2) is 0 Å². The molecule has 3 rings (SSSR count). The van der Waals surface area contributed by atoms with Gasteiger partial charge in [0, 0.05) is 12.2 Å². The predicted octanol–water partition coefficient (Wildman–Crippen LogP) is 1.88. The maximum Gasteiger partial charge on any atom is 0.236 e. The van der Waals surface area contributed by atoms with Crippen molar-refractivity contribution in [2.24, 2.45) is 0 Å². The van der Waals surface area contributed by atoms with E-state index >= 15 is 0 Å². The van der Waals surface area contributed by atoms with E-state index in [1.807, 2.05) is 0 Å². The van der Waals surface area contributed by atoms with Gasteiger partial charge in [0.25, 0.3) is 0 Å². The Morgan fingerprint density at radius 3 is 2.82 bits per heavy atom. The molecule has 0 radical (unpaired) electrons. The van der Waals surface area contributed by atoms with E-state index in [1.54, 1.807) is 0 Å². The molecule has 3 nitrogen and oxygen atoms in total. The van der Waals surface area contributed by atoms with Gasteiger partial charge < -0.3 is 10.6 Å². The minimum absolute atomic E-state index is 0.174. The van der Waals surface area contributed by atoms with Crippen molar-refractivity contribution in [1.29, 1.82) is 0 Å². The summed E-state index contributed by atoms with van der Waals surface area (Å²) in [5.41, 5.74) is 4.35. The molecule has 1 aromatic rings. The fraction of sp³-hybridized carbons (Fsp3) is 0.500. The molecular formula is C14H18N2O. The van der Waals surface area contributed by atoms with E-state index in [0.717, 1.165) is 31.6 Å². The highest BCUT2D eigenvalue weighted by molar-refractivity contribution is 6.07. The quantitative estimate of drug-likeness (QED) is 0.714. The molecule has 17 heavy (non-hydrogen) atoms. The SMILES string of the molecule is Cc1cc(C)c2c(c1)C1(CCCNC1)C(=O)N2. The van der Waals surface area contributed by atoms with Crippen LogP contribution in [0, 0.1) is 13.8 Å². The van der Waals surface area contributed by atoms with Gasteiger partial charge in [-0.25, -0.2) is 0 Å². The van der Waals surface area contributed by atoms with Gasteiger partial charge in [-0.3, -0.25) is 4.79 Å². The van der Waals surface area contributed by atoms with Crippen LogP contribution >= 0.6 is 0 Å². The maximum absolute atomic E-state index is 12.3. The summed E-state index contributed by atoms with van der Waals surface area (Å²) in [4.78, 5) is 12.3. The summed E-state index contributed by atoms with van der Waals surface area (Å²) in [7, 11) is 0. The number of hydrogen-bond donors (Lipinski definition) is 2. The third-order valence-electron chi connectivity index (χ3n) is 4.05. The van der Waals surface area contributed by atoms with Gasteiger partial charge in [-0.05, 0) is 44.4 Å². The highest BCUT2D eigenvalue weighted by atomic mass is 16.2. The van der Waals surface area contributed by atoms with Crippen LogP contribution in [-0.2, 0) is 10.2 Å². The molecule has 1 unspecified atom stereocenters.